The van der Waals surface area contributed by atoms with Gasteiger partial charge in [0, 0.05) is 32.2 Å². The summed E-state index contributed by atoms with van der Waals surface area (Å²) in [5.74, 6) is 0.680. The third-order valence-corrected chi connectivity index (χ3v) is 4.13. The molecule has 0 unspecified atom stereocenters. The van der Waals surface area contributed by atoms with Gasteiger partial charge < -0.3 is 5.32 Å². The first-order valence-corrected chi connectivity index (χ1v) is 7.86. The lowest BCUT2D eigenvalue weighted by atomic mass is 10.00. The lowest BCUT2D eigenvalue weighted by Crippen LogP contribution is -2.32. The second-order valence-corrected chi connectivity index (χ2v) is 5.73. The Labute approximate surface area is 135 Å². The zero-order valence-corrected chi connectivity index (χ0v) is 12.9. The predicted octanol–water partition coefficient (Wildman–Crippen LogP) is 2.85. The monoisotopic (exact) mass is 312 g/mol. The summed E-state index contributed by atoms with van der Waals surface area (Å²) in [6.07, 6.45) is 3.41. The highest BCUT2D eigenvalue weighted by Gasteiger charge is 2.14. The fourth-order valence-electron chi connectivity index (χ4n) is 2.86. The molecule has 6 heteroatoms. The van der Waals surface area contributed by atoms with Gasteiger partial charge >= 0.3 is 0 Å². The van der Waals surface area contributed by atoms with Crippen LogP contribution in [-0.2, 0) is 13.0 Å². The van der Waals surface area contributed by atoms with E-state index < -0.39 is 4.92 Å². The Morgan fingerprint density at radius 1 is 1.22 bits per heavy atom. The summed E-state index contributed by atoms with van der Waals surface area (Å²) < 4.78 is 0. The Balaban J connectivity index is 1.41. The standard InChI is InChI=1S/C17H20N4O2/c22-21(23)16-6-7-17(19-12-16)18-9-3-10-20-11-8-14-4-1-2-5-15(14)13-20/h1-2,4-7,12H,3,8-11,13H2,(H,18,19). The van der Waals surface area contributed by atoms with E-state index in [1.807, 2.05) is 0 Å². The molecule has 0 aliphatic carbocycles. The molecule has 1 aliphatic heterocycles. The third kappa shape index (κ3) is 4.04. The van der Waals surface area contributed by atoms with Gasteiger partial charge in [-0.3, -0.25) is 15.0 Å². The lowest BCUT2D eigenvalue weighted by molar-refractivity contribution is -0.385. The summed E-state index contributed by atoms with van der Waals surface area (Å²) in [4.78, 5) is 16.6. The quantitative estimate of drug-likeness (QED) is 0.504. The van der Waals surface area contributed by atoms with Crippen molar-refractivity contribution in [3.63, 3.8) is 0 Å². The largest absolute Gasteiger partial charge is 0.370 e. The molecule has 0 spiro atoms. The first-order chi connectivity index (χ1) is 11.2. The summed E-state index contributed by atoms with van der Waals surface area (Å²) in [5.41, 5.74) is 2.92. The van der Waals surface area contributed by atoms with Crippen molar-refractivity contribution in [2.75, 3.05) is 25.0 Å². The van der Waals surface area contributed by atoms with E-state index >= 15 is 0 Å². The minimum absolute atomic E-state index is 0.0162. The molecule has 0 saturated carbocycles. The molecule has 0 fully saturated rings. The number of hydrogen-bond donors (Lipinski definition) is 1. The van der Waals surface area contributed by atoms with Gasteiger partial charge in [-0.25, -0.2) is 4.98 Å². The SMILES string of the molecule is O=[N+]([O-])c1ccc(NCCCN2CCc3ccccc3C2)nc1. The van der Waals surface area contributed by atoms with Crippen molar-refractivity contribution >= 4 is 11.5 Å². The van der Waals surface area contributed by atoms with E-state index in [0.29, 0.717) is 5.82 Å². The highest BCUT2D eigenvalue weighted by molar-refractivity contribution is 5.39. The van der Waals surface area contributed by atoms with Gasteiger partial charge in [0.05, 0.1) is 4.92 Å². The summed E-state index contributed by atoms with van der Waals surface area (Å²) >= 11 is 0. The molecule has 0 amide bonds. The zero-order valence-electron chi connectivity index (χ0n) is 12.9. The first kappa shape index (κ1) is 15.4. The van der Waals surface area contributed by atoms with Gasteiger partial charge in [0.1, 0.15) is 12.0 Å². The van der Waals surface area contributed by atoms with Gasteiger partial charge in [0.2, 0.25) is 0 Å². The van der Waals surface area contributed by atoms with Crippen molar-refractivity contribution in [1.29, 1.82) is 0 Å². The van der Waals surface area contributed by atoms with Crippen LogP contribution in [0.1, 0.15) is 17.5 Å². The summed E-state index contributed by atoms with van der Waals surface area (Å²) in [5, 5.41) is 13.8. The van der Waals surface area contributed by atoms with Crippen LogP contribution in [0.25, 0.3) is 0 Å². The van der Waals surface area contributed by atoms with Crippen molar-refractivity contribution in [3.8, 4) is 0 Å². The normalized spacial score (nSPS) is 14.3. The summed E-state index contributed by atoms with van der Waals surface area (Å²) in [6, 6.07) is 11.8. The molecule has 0 atom stereocenters. The van der Waals surface area contributed by atoms with E-state index in [1.165, 1.54) is 23.4 Å². The average molecular weight is 312 g/mol. The van der Waals surface area contributed by atoms with Crippen LogP contribution in [0.4, 0.5) is 11.5 Å². The summed E-state index contributed by atoms with van der Waals surface area (Å²) in [7, 11) is 0. The second-order valence-electron chi connectivity index (χ2n) is 5.73. The molecule has 1 aromatic carbocycles. The highest BCUT2D eigenvalue weighted by Crippen LogP contribution is 2.18. The maximum absolute atomic E-state index is 10.6. The fourth-order valence-corrected chi connectivity index (χ4v) is 2.86. The Kier molecular flexibility index (Phi) is 4.83. The van der Waals surface area contributed by atoms with Gasteiger partial charge in [0.25, 0.3) is 5.69 Å². The smallest absolute Gasteiger partial charge is 0.287 e. The molecule has 1 aliphatic rings. The molecule has 0 saturated heterocycles. The number of nitrogens with zero attached hydrogens (tertiary/aromatic N) is 3. The topological polar surface area (TPSA) is 71.3 Å². The molecule has 0 radical (unpaired) electrons. The molecule has 6 nitrogen and oxygen atoms in total. The number of benzene rings is 1. The van der Waals surface area contributed by atoms with Crippen LogP contribution in [0.3, 0.4) is 0 Å². The molecule has 2 heterocycles. The van der Waals surface area contributed by atoms with Crippen molar-refractivity contribution in [2.45, 2.75) is 19.4 Å². The maximum Gasteiger partial charge on any atom is 0.287 e. The minimum Gasteiger partial charge on any atom is -0.370 e. The van der Waals surface area contributed by atoms with Crippen LogP contribution >= 0.6 is 0 Å². The Hall–Kier alpha value is -2.47. The molecule has 23 heavy (non-hydrogen) atoms. The number of pyridine rings is 1. The third-order valence-electron chi connectivity index (χ3n) is 4.13. The molecular weight excluding hydrogens is 292 g/mol. The number of anilines is 1. The number of rotatable bonds is 6. The van der Waals surface area contributed by atoms with Gasteiger partial charge in [-0.05, 0) is 30.0 Å². The van der Waals surface area contributed by atoms with Crippen molar-refractivity contribution in [1.82, 2.24) is 9.88 Å². The van der Waals surface area contributed by atoms with Crippen LogP contribution in [-0.4, -0.2) is 34.4 Å². The highest BCUT2D eigenvalue weighted by atomic mass is 16.6. The Bertz CT molecular complexity index is 673. The number of nitro groups is 1. The maximum atomic E-state index is 10.6. The number of aromatic nitrogens is 1. The average Bonchev–Trinajstić information content (AvgIpc) is 2.59. The van der Waals surface area contributed by atoms with E-state index in [1.54, 1.807) is 6.07 Å². The Morgan fingerprint density at radius 3 is 2.78 bits per heavy atom. The Morgan fingerprint density at radius 2 is 2.04 bits per heavy atom. The van der Waals surface area contributed by atoms with Crippen LogP contribution in [0.2, 0.25) is 0 Å². The van der Waals surface area contributed by atoms with E-state index in [0.717, 1.165) is 39.0 Å². The van der Waals surface area contributed by atoms with Crippen molar-refractivity contribution in [2.24, 2.45) is 0 Å². The molecule has 0 bridgehead atoms. The van der Waals surface area contributed by atoms with E-state index in [2.05, 4.69) is 39.5 Å². The molecule has 1 aromatic heterocycles. The van der Waals surface area contributed by atoms with Crippen LogP contribution in [0, 0.1) is 10.1 Å². The molecule has 2 aromatic rings. The number of nitrogens with one attached hydrogen (secondary N) is 1. The van der Waals surface area contributed by atoms with Crippen LogP contribution < -0.4 is 5.32 Å². The lowest BCUT2D eigenvalue weighted by Gasteiger charge is -2.28. The molecule has 3 rings (SSSR count). The number of fused-ring (bicyclic) bond motifs is 1. The van der Waals surface area contributed by atoms with Crippen molar-refractivity contribution in [3.05, 3.63) is 63.8 Å². The van der Waals surface area contributed by atoms with Gasteiger partial charge in [0.15, 0.2) is 0 Å². The van der Waals surface area contributed by atoms with Crippen LogP contribution in [0.15, 0.2) is 42.6 Å². The van der Waals surface area contributed by atoms with E-state index in [4.69, 9.17) is 0 Å². The van der Waals surface area contributed by atoms with Gasteiger partial charge in [-0.1, -0.05) is 24.3 Å². The minimum atomic E-state index is -0.440. The summed E-state index contributed by atoms with van der Waals surface area (Å²) in [6.45, 7) is 3.97. The second kappa shape index (κ2) is 7.19. The molecular formula is C17H20N4O2. The molecule has 1 N–H and O–H groups in total. The van der Waals surface area contributed by atoms with Gasteiger partial charge in [-0.15, -0.1) is 0 Å². The fraction of sp³-hybridized carbons (Fsp3) is 0.353. The predicted molar refractivity (Wildman–Crippen MR) is 89.4 cm³/mol. The van der Waals surface area contributed by atoms with E-state index in [-0.39, 0.29) is 5.69 Å². The van der Waals surface area contributed by atoms with E-state index in [9.17, 15) is 10.1 Å². The van der Waals surface area contributed by atoms with Crippen molar-refractivity contribution < 1.29 is 4.92 Å². The first-order valence-electron chi connectivity index (χ1n) is 7.86. The zero-order chi connectivity index (χ0) is 16.1. The van der Waals surface area contributed by atoms with Gasteiger partial charge in [-0.2, -0.15) is 0 Å². The molecule has 120 valence electrons. The van der Waals surface area contributed by atoms with Crippen LogP contribution in [0.5, 0.6) is 0 Å². The number of hydrogen-bond acceptors (Lipinski definition) is 5.